The molecule has 2 heterocycles. The molecule has 2 rings (SSSR count). The number of nitrogens with one attached hydrogen (secondary N) is 1. The number of hydrogen-bond donors (Lipinski definition) is 2. The van der Waals surface area contributed by atoms with Crippen LogP contribution in [0.4, 0.5) is 5.13 Å². The molecule has 1 fully saturated rings. The topological polar surface area (TPSA) is 88.3 Å². The van der Waals surface area contributed by atoms with Crippen LogP contribution >= 0.6 is 11.3 Å². The van der Waals surface area contributed by atoms with Crippen LogP contribution in [0, 0.1) is 0 Å². The molecule has 0 aromatic carbocycles. The van der Waals surface area contributed by atoms with Gasteiger partial charge in [-0.1, -0.05) is 0 Å². The summed E-state index contributed by atoms with van der Waals surface area (Å²) in [6.07, 6.45) is 3.39. The number of anilines is 1. The zero-order chi connectivity index (χ0) is 13.0. The van der Waals surface area contributed by atoms with Crippen LogP contribution in [-0.2, 0) is 16.6 Å². The molecule has 1 saturated heterocycles. The average Bonchev–Trinajstić information content (AvgIpc) is 2.95. The lowest BCUT2D eigenvalue weighted by Crippen LogP contribution is -2.39. The summed E-state index contributed by atoms with van der Waals surface area (Å²) in [7, 11) is -3.27. The van der Waals surface area contributed by atoms with E-state index in [0.717, 1.165) is 31.4 Å². The Kier molecular flexibility index (Phi) is 4.55. The summed E-state index contributed by atoms with van der Waals surface area (Å²) >= 11 is 1.41. The minimum atomic E-state index is -3.27. The number of hydrogen-bond acceptors (Lipinski definition) is 5. The highest BCUT2D eigenvalue weighted by Crippen LogP contribution is 2.13. The van der Waals surface area contributed by atoms with Crippen LogP contribution < -0.4 is 10.5 Å². The van der Waals surface area contributed by atoms with Gasteiger partial charge in [0.05, 0.1) is 5.69 Å². The van der Waals surface area contributed by atoms with Crippen molar-refractivity contribution in [1.29, 1.82) is 0 Å². The zero-order valence-corrected chi connectivity index (χ0v) is 11.8. The number of aromatic nitrogens is 1. The Balaban J connectivity index is 1.71. The van der Waals surface area contributed by atoms with Gasteiger partial charge in [-0.3, -0.25) is 0 Å². The van der Waals surface area contributed by atoms with Crippen molar-refractivity contribution in [2.24, 2.45) is 0 Å². The first-order valence-corrected chi connectivity index (χ1v) is 8.34. The summed E-state index contributed by atoms with van der Waals surface area (Å²) in [6, 6.07) is 0. The minimum Gasteiger partial charge on any atom is -0.375 e. The largest absolute Gasteiger partial charge is 0.375 e. The Bertz CT molecular complexity index is 480. The normalized spacial score (nSPS) is 17.3. The molecule has 0 atom stereocenters. The first-order chi connectivity index (χ1) is 8.58. The quantitative estimate of drug-likeness (QED) is 0.750. The Labute approximate surface area is 111 Å². The van der Waals surface area contributed by atoms with Crippen LogP contribution in [0.5, 0.6) is 0 Å². The number of nitrogens with zero attached hydrogens (tertiary/aromatic N) is 2. The summed E-state index contributed by atoms with van der Waals surface area (Å²) in [5, 5.41) is 2.47. The van der Waals surface area contributed by atoms with Crippen LogP contribution in [0.1, 0.15) is 25.0 Å². The summed E-state index contributed by atoms with van der Waals surface area (Å²) < 4.78 is 27.8. The lowest BCUT2D eigenvalue weighted by molar-refractivity contribution is 0.464. The number of nitrogen functional groups attached to an aromatic ring is 1. The second-order valence-electron chi connectivity index (χ2n) is 4.29. The van der Waals surface area contributed by atoms with E-state index in [1.807, 2.05) is 5.38 Å². The number of nitrogens with two attached hydrogens (primary N) is 1. The summed E-state index contributed by atoms with van der Waals surface area (Å²) in [5.74, 6) is 0. The van der Waals surface area contributed by atoms with Gasteiger partial charge in [0.15, 0.2) is 5.13 Å². The predicted octanol–water partition coefficient (Wildman–Crippen LogP) is 0.588. The average molecular weight is 290 g/mol. The molecule has 0 unspecified atom stereocenters. The van der Waals surface area contributed by atoms with Crippen LogP contribution in [0.15, 0.2) is 5.38 Å². The van der Waals surface area contributed by atoms with Gasteiger partial charge in [-0.15, -0.1) is 11.3 Å². The predicted molar refractivity (Wildman–Crippen MR) is 72.6 cm³/mol. The fourth-order valence-electron chi connectivity index (χ4n) is 1.93. The van der Waals surface area contributed by atoms with Crippen molar-refractivity contribution >= 4 is 26.7 Å². The van der Waals surface area contributed by atoms with Gasteiger partial charge in [-0.2, -0.15) is 12.7 Å². The zero-order valence-electron chi connectivity index (χ0n) is 10.1. The molecular formula is C10H18N4O2S2. The van der Waals surface area contributed by atoms with Crippen LogP contribution in [-0.4, -0.2) is 37.3 Å². The van der Waals surface area contributed by atoms with Gasteiger partial charge in [-0.05, 0) is 25.7 Å². The second-order valence-corrected chi connectivity index (χ2v) is 6.93. The third-order valence-electron chi connectivity index (χ3n) is 2.87. The van der Waals surface area contributed by atoms with Gasteiger partial charge in [0.1, 0.15) is 0 Å². The summed E-state index contributed by atoms with van der Waals surface area (Å²) in [4.78, 5) is 4.13. The van der Waals surface area contributed by atoms with E-state index in [-0.39, 0.29) is 0 Å². The van der Waals surface area contributed by atoms with E-state index in [0.29, 0.717) is 24.8 Å². The van der Waals surface area contributed by atoms with E-state index in [1.165, 1.54) is 15.6 Å². The molecule has 0 bridgehead atoms. The molecule has 1 aromatic rings. The van der Waals surface area contributed by atoms with E-state index in [1.54, 1.807) is 0 Å². The Morgan fingerprint density at radius 3 is 2.78 bits per heavy atom. The fourth-order valence-corrected chi connectivity index (χ4v) is 3.85. The van der Waals surface area contributed by atoms with Crippen LogP contribution in [0.3, 0.4) is 0 Å². The van der Waals surface area contributed by atoms with Gasteiger partial charge in [0.25, 0.3) is 10.2 Å². The number of thiazole rings is 1. The van der Waals surface area contributed by atoms with Gasteiger partial charge in [0.2, 0.25) is 0 Å². The molecule has 6 nitrogen and oxygen atoms in total. The second kappa shape index (κ2) is 5.96. The Morgan fingerprint density at radius 1 is 1.44 bits per heavy atom. The monoisotopic (exact) mass is 290 g/mol. The van der Waals surface area contributed by atoms with Gasteiger partial charge >= 0.3 is 0 Å². The molecule has 0 aliphatic carbocycles. The van der Waals surface area contributed by atoms with Crippen molar-refractivity contribution in [3.8, 4) is 0 Å². The molecule has 1 aliphatic rings. The first-order valence-electron chi connectivity index (χ1n) is 6.02. The molecule has 18 heavy (non-hydrogen) atoms. The molecule has 3 N–H and O–H groups in total. The maximum Gasteiger partial charge on any atom is 0.279 e. The van der Waals surface area contributed by atoms with E-state index in [4.69, 9.17) is 5.73 Å². The van der Waals surface area contributed by atoms with Crippen molar-refractivity contribution in [3.05, 3.63) is 11.1 Å². The fraction of sp³-hybridized carbons (Fsp3) is 0.700. The lowest BCUT2D eigenvalue weighted by Gasteiger charge is -2.15. The lowest BCUT2D eigenvalue weighted by atomic mass is 10.2. The van der Waals surface area contributed by atoms with Crippen molar-refractivity contribution < 1.29 is 8.42 Å². The molecular weight excluding hydrogens is 272 g/mol. The smallest absolute Gasteiger partial charge is 0.279 e. The molecule has 102 valence electrons. The van der Waals surface area contributed by atoms with E-state index in [2.05, 4.69) is 9.71 Å². The van der Waals surface area contributed by atoms with Crippen molar-refractivity contribution in [1.82, 2.24) is 14.0 Å². The molecule has 0 saturated carbocycles. The van der Waals surface area contributed by atoms with Crippen LogP contribution in [0.2, 0.25) is 0 Å². The maximum atomic E-state index is 11.8. The molecule has 8 heteroatoms. The highest BCUT2D eigenvalue weighted by atomic mass is 32.2. The van der Waals surface area contributed by atoms with E-state index in [9.17, 15) is 8.42 Å². The molecule has 0 amide bonds. The van der Waals surface area contributed by atoms with Gasteiger partial charge < -0.3 is 5.73 Å². The highest BCUT2D eigenvalue weighted by Gasteiger charge is 2.24. The third-order valence-corrected chi connectivity index (χ3v) is 5.21. The number of rotatable bonds is 6. The summed E-state index contributed by atoms with van der Waals surface area (Å²) in [5.41, 5.74) is 6.45. The molecule has 1 aliphatic heterocycles. The SMILES string of the molecule is Nc1nc(CCCNS(=O)(=O)N2CCCC2)cs1. The number of aryl methyl sites for hydroxylation is 1. The van der Waals surface area contributed by atoms with Crippen molar-refractivity contribution in [2.45, 2.75) is 25.7 Å². The Hall–Kier alpha value is -0.700. The Morgan fingerprint density at radius 2 is 2.17 bits per heavy atom. The van der Waals surface area contributed by atoms with Gasteiger partial charge in [0, 0.05) is 25.0 Å². The maximum absolute atomic E-state index is 11.8. The van der Waals surface area contributed by atoms with Crippen molar-refractivity contribution in [2.75, 3.05) is 25.4 Å². The summed E-state index contributed by atoms with van der Waals surface area (Å²) in [6.45, 7) is 1.71. The van der Waals surface area contributed by atoms with E-state index < -0.39 is 10.2 Å². The van der Waals surface area contributed by atoms with E-state index >= 15 is 0 Å². The molecule has 0 spiro atoms. The highest BCUT2D eigenvalue weighted by molar-refractivity contribution is 7.87. The standard InChI is InChI=1S/C10H18N4O2S2/c11-10-13-9(8-17-10)4-3-5-12-18(15,16)14-6-1-2-7-14/h8,12H,1-7H2,(H2,11,13). The first kappa shape index (κ1) is 13.7. The minimum absolute atomic E-state index is 0.441. The molecule has 1 aromatic heterocycles. The van der Waals surface area contributed by atoms with Crippen LogP contribution in [0.25, 0.3) is 0 Å². The third kappa shape index (κ3) is 3.64. The molecule has 0 radical (unpaired) electrons. The van der Waals surface area contributed by atoms with Gasteiger partial charge in [-0.25, -0.2) is 9.71 Å². The van der Waals surface area contributed by atoms with Crippen molar-refractivity contribution in [3.63, 3.8) is 0 Å².